The zero-order valence-electron chi connectivity index (χ0n) is 9.26. The monoisotopic (exact) mass is 210 g/mol. The normalized spacial score (nSPS) is 28.2. The molecule has 0 saturated carbocycles. The SMILES string of the molecule is CC1CC(C(O)Cc2nccn2C)CO1. The zero-order valence-corrected chi connectivity index (χ0v) is 9.26. The lowest BCUT2D eigenvalue weighted by Crippen LogP contribution is -2.24. The summed E-state index contributed by atoms with van der Waals surface area (Å²) in [4.78, 5) is 4.21. The minimum Gasteiger partial charge on any atom is -0.392 e. The fourth-order valence-electron chi connectivity index (χ4n) is 2.07. The second kappa shape index (κ2) is 4.33. The first-order valence-electron chi connectivity index (χ1n) is 5.42. The van der Waals surface area contributed by atoms with Gasteiger partial charge in [-0.1, -0.05) is 0 Å². The first kappa shape index (κ1) is 10.6. The molecule has 2 heterocycles. The summed E-state index contributed by atoms with van der Waals surface area (Å²) in [7, 11) is 1.95. The van der Waals surface area contributed by atoms with Gasteiger partial charge in [-0.05, 0) is 13.3 Å². The van der Waals surface area contributed by atoms with Gasteiger partial charge in [0, 0.05) is 31.8 Å². The summed E-state index contributed by atoms with van der Waals surface area (Å²) in [5.74, 6) is 1.19. The van der Waals surface area contributed by atoms with E-state index in [0.717, 1.165) is 12.2 Å². The molecule has 1 aromatic heterocycles. The number of nitrogens with zero attached hydrogens (tertiary/aromatic N) is 2. The first-order chi connectivity index (χ1) is 7.16. The molecule has 0 aromatic carbocycles. The topological polar surface area (TPSA) is 47.3 Å². The largest absolute Gasteiger partial charge is 0.392 e. The molecule has 0 radical (unpaired) electrons. The summed E-state index contributed by atoms with van der Waals surface area (Å²) < 4.78 is 7.40. The number of aliphatic hydroxyl groups excluding tert-OH is 1. The Balaban J connectivity index is 1.92. The molecule has 15 heavy (non-hydrogen) atoms. The minimum absolute atomic E-state index is 0.261. The molecule has 1 aliphatic heterocycles. The summed E-state index contributed by atoms with van der Waals surface area (Å²) in [5.41, 5.74) is 0. The standard InChI is InChI=1S/C11H18N2O2/c1-8-5-9(7-15-8)10(14)6-11-12-3-4-13(11)2/h3-4,8-10,14H,5-7H2,1-2H3. The van der Waals surface area contributed by atoms with Crippen molar-refractivity contribution < 1.29 is 9.84 Å². The Kier molecular flexibility index (Phi) is 3.07. The lowest BCUT2D eigenvalue weighted by Gasteiger charge is -2.15. The first-order valence-corrected chi connectivity index (χ1v) is 5.42. The van der Waals surface area contributed by atoms with Crippen molar-refractivity contribution in [2.75, 3.05) is 6.61 Å². The molecule has 4 nitrogen and oxygen atoms in total. The van der Waals surface area contributed by atoms with Crippen molar-refractivity contribution in [1.29, 1.82) is 0 Å². The van der Waals surface area contributed by atoms with E-state index in [9.17, 15) is 5.11 Å². The number of aromatic nitrogens is 2. The van der Waals surface area contributed by atoms with Gasteiger partial charge < -0.3 is 14.4 Å². The summed E-state index contributed by atoms with van der Waals surface area (Å²) in [5, 5.41) is 10.0. The highest BCUT2D eigenvalue weighted by atomic mass is 16.5. The van der Waals surface area contributed by atoms with Crippen LogP contribution >= 0.6 is 0 Å². The van der Waals surface area contributed by atoms with Gasteiger partial charge >= 0.3 is 0 Å². The Morgan fingerprint density at radius 2 is 2.53 bits per heavy atom. The van der Waals surface area contributed by atoms with Gasteiger partial charge in [-0.25, -0.2) is 4.98 Å². The van der Waals surface area contributed by atoms with Crippen molar-refractivity contribution in [3.63, 3.8) is 0 Å². The maximum atomic E-state index is 10.0. The van der Waals surface area contributed by atoms with Gasteiger partial charge in [-0.15, -0.1) is 0 Å². The van der Waals surface area contributed by atoms with Crippen LogP contribution in [0.15, 0.2) is 12.4 Å². The molecule has 0 aliphatic carbocycles. The predicted octanol–water partition coefficient (Wildman–Crippen LogP) is 0.748. The molecule has 0 spiro atoms. The second-order valence-electron chi connectivity index (χ2n) is 4.37. The molecule has 4 heteroatoms. The number of ether oxygens (including phenoxy) is 1. The molecule has 3 atom stereocenters. The maximum absolute atomic E-state index is 10.0. The van der Waals surface area contributed by atoms with E-state index in [1.165, 1.54) is 0 Å². The molecule has 1 saturated heterocycles. The number of hydrogen-bond donors (Lipinski definition) is 1. The maximum Gasteiger partial charge on any atom is 0.110 e. The highest BCUT2D eigenvalue weighted by molar-refractivity contribution is 4.94. The third kappa shape index (κ3) is 2.38. The quantitative estimate of drug-likeness (QED) is 0.800. The molecule has 2 rings (SSSR count). The van der Waals surface area contributed by atoms with Crippen molar-refractivity contribution in [3.8, 4) is 0 Å². The summed E-state index contributed by atoms with van der Waals surface area (Å²) in [6.07, 6.45) is 5.17. The Hall–Kier alpha value is -0.870. The average molecular weight is 210 g/mol. The van der Waals surface area contributed by atoms with Crippen molar-refractivity contribution >= 4 is 0 Å². The number of imidazole rings is 1. The van der Waals surface area contributed by atoms with Crippen molar-refractivity contribution in [2.24, 2.45) is 13.0 Å². The van der Waals surface area contributed by atoms with E-state index in [1.54, 1.807) is 6.20 Å². The smallest absolute Gasteiger partial charge is 0.110 e. The summed E-state index contributed by atoms with van der Waals surface area (Å²) >= 11 is 0. The number of rotatable bonds is 3. The fourth-order valence-corrected chi connectivity index (χ4v) is 2.07. The molecule has 1 aliphatic rings. The van der Waals surface area contributed by atoms with E-state index < -0.39 is 0 Å². The predicted molar refractivity (Wildman–Crippen MR) is 56.4 cm³/mol. The van der Waals surface area contributed by atoms with Crippen LogP contribution in [0.25, 0.3) is 0 Å². The molecule has 1 aromatic rings. The van der Waals surface area contributed by atoms with Crippen LogP contribution in [0.1, 0.15) is 19.2 Å². The van der Waals surface area contributed by atoms with Gasteiger partial charge in [0.1, 0.15) is 5.82 Å². The fraction of sp³-hybridized carbons (Fsp3) is 0.727. The zero-order chi connectivity index (χ0) is 10.8. The van der Waals surface area contributed by atoms with Crippen molar-refractivity contribution in [3.05, 3.63) is 18.2 Å². The van der Waals surface area contributed by atoms with Gasteiger partial charge in [-0.3, -0.25) is 0 Å². The Labute approximate surface area is 89.9 Å². The lowest BCUT2D eigenvalue weighted by molar-refractivity contribution is 0.0792. The van der Waals surface area contributed by atoms with Gasteiger partial charge in [0.05, 0.1) is 18.8 Å². The highest BCUT2D eigenvalue weighted by Crippen LogP contribution is 2.23. The second-order valence-corrected chi connectivity index (χ2v) is 4.37. The summed E-state index contributed by atoms with van der Waals surface area (Å²) in [6.45, 7) is 2.72. The van der Waals surface area contributed by atoms with E-state index in [0.29, 0.717) is 13.0 Å². The molecule has 84 valence electrons. The van der Waals surface area contributed by atoms with Gasteiger partial charge in [-0.2, -0.15) is 0 Å². The Morgan fingerprint density at radius 3 is 3.07 bits per heavy atom. The minimum atomic E-state index is -0.337. The van der Waals surface area contributed by atoms with E-state index in [1.807, 2.05) is 24.7 Å². The molecular weight excluding hydrogens is 192 g/mol. The van der Waals surface area contributed by atoms with E-state index in [-0.39, 0.29) is 18.1 Å². The number of aryl methyl sites for hydroxylation is 1. The number of aliphatic hydroxyl groups is 1. The molecule has 3 unspecified atom stereocenters. The highest BCUT2D eigenvalue weighted by Gasteiger charge is 2.28. The number of hydrogen-bond acceptors (Lipinski definition) is 3. The molecule has 1 fully saturated rings. The van der Waals surface area contributed by atoms with Crippen LogP contribution in [0.2, 0.25) is 0 Å². The molecular formula is C11H18N2O2. The lowest BCUT2D eigenvalue weighted by atomic mass is 9.97. The van der Waals surface area contributed by atoms with Crippen LogP contribution in [-0.4, -0.2) is 33.5 Å². The van der Waals surface area contributed by atoms with E-state index in [2.05, 4.69) is 4.98 Å². The third-order valence-electron chi connectivity index (χ3n) is 3.09. The third-order valence-corrected chi connectivity index (χ3v) is 3.09. The molecule has 1 N–H and O–H groups in total. The van der Waals surface area contributed by atoms with Crippen LogP contribution < -0.4 is 0 Å². The Bertz CT molecular complexity index is 324. The Morgan fingerprint density at radius 1 is 1.73 bits per heavy atom. The van der Waals surface area contributed by atoms with E-state index >= 15 is 0 Å². The van der Waals surface area contributed by atoms with Crippen LogP contribution in [0.4, 0.5) is 0 Å². The van der Waals surface area contributed by atoms with E-state index in [4.69, 9.17) is 4.74 Å². The van der Waals surface area contributed by atoms with Crippen LogP contribution in [0, 0.1) is 5.92 Å². The van der Waals surface area contributed by atoms with Crippen molar-refractivity contribution in [1.82, 2.24) is 9.55 Å². The average Bonchev–Trinajstić information content (AvgIpc) is 2.77. The van der Waals surface area contributed by atoms with Gasteiger partial charge in [0.15, 0.2) is 0 Å². The molecule has 0 bridgehead atoms. The molecule has 0 amide bonds. The van der Waals surface area contributed by atoms with Gasteiger partial charge in [0.25, 0.3) is 0 Å². The van der Waals surface area contributed by atoms with Crippen LogP contribution in [0.3, 0.4) is 0 Å². The van der Waals surface area contributed by atoms with Crippen molar-refractivity contribution in [2.45, 2.75) is 32.0 Å². The van der Waals surface area contributed by atoms with Gasteiger partial charge in [0.2, 0.25) is 0 Å². The van der Waals surface area contributed by atoms with Crippen LogP contribution in [-0.2, 0) is 18.2 Å². The summed E-state index contributed by atoms with van der Waals surface area (Å²) in [6, 6.07) is 0. The van der Waals surface area contributed by atoms with Crippen LogP contribution in [0.5, 0.6) is 0 Å².